The van der Waals surface area contributed by atoms with Crippen LogP contribution in [-0.4, -0.2) is 34.6 Å². The van der Waals surface area contributed by atoms with Gasteiger partial charge in [-0.1, -0.05) is 30.1 Å². The minimum atomic E-state index is -4.41. The molecule has 8 heteroatoms. The van der Waals surface area contributed by atoms with Crippen LogP contribution in [0.4, 0.5) is 13.2 Å². The summed E-state index contributed by atoms with van der Waals surface area (Å²) in [6, 6.07) is 5.21. The molecule has 1 aromatic carbocycles. The summed E-state index contributed by atoms with van der Waals surface area (Å²) in [5.74, 6) is 0.739. The second-order valence-electron chi connectivity index (χ2n) is 9.34. The third kappa shape index (κ3) is 5.34. The predicted molar refractivity (Wildman–Crippen MR) is 115 cm³/mol. The largest absolute Gasteiger partial charge is 0.416 e. The van der Waals surface area contributed by atoms with E-state index in [2.05, 4.69) is 29.2 Å². The lowest BCUT2D eigenvalue weighted by molar-refractivity contribution is -0.137. The molecule has 2 aliphatic rings. The van der Waals surface area contributed by atoms with Crippen molar-refractivity contribution in [1.82, 2.24) is 15.4 Å². The summed E-state index contributed by atoms with van der Waals surface area (Å²) >= 11 is 0. The first-order chi connectivity index (χ1) is 15.2. The number of hydrogen-bond acceptors (Lipinski definition) is 4. The maximum absolute atomic E-state index is 13.0. The van der Waals surface area contributed by atoms with Crippen LogP contribution in [0.5, 0.6) is 0 Å². The molecule has 2 aliphatic carbocycles. The van der Waals surface area contributed by atoms with Crippen molar-refractivity contribution in [3.8, 4) is 11.3 Å². The number of amides is 1. The molecule has 32 heavy (non-hydrogen) atoms. The second-order valence-corrected chi connectivity index (χ2v) is 9.34. The smallest absolute Gasteiger partial charge is 0.355 e. The van der Waals surface area contributed by atoms with Gasteiger partial charge in [0.2, 0.25) is 0 Å². The highest BCUT2D eigenvalue weighted by Gasteiger charge is 2.32. The van der Waals surface area contributed by atoms with Gasteiger partial charge in [-0.05, 0) is 57.6 Å². The molecular weight excluding hydrogens is 419 g/mol. The molecule has 0 spiro atoms. The van der Waals surface area contributed by atoms with Crippen molar-refractivity contribution in [2.45, 2.75) is 77.2 Å². The van der Waals surface area contributed by atoms with Crippen molar-refractivity contribution in [2.24, 2.45) is 5.92 Å². The standard InChI is InChI=1S/C24H30F3N3O2/c1-15(2)30(13-16-7-8-16)14-20-21(23(31)28-19-5-3-4-6-19)29-32-22(20)17-9-11-18(12-10-17)24(25,26)27/h9-12,15-16,19H,3-8,13-14H2,1-2H3,(H,28,31). The first-order valence-electron chi connectivity index (χ1n) is 11.4. The van der Waals surface area contributed by atoms with Gasteiger partial charge in [0.15, 0.2) is 11.5 Å². The fraction of sp³-hybridized carbons (Fsp3) is 0.583. The monoisotopic (exact) mass is 449 g/mol. The molecule has 0 bridgehead atoms. The van der Waals surface area contributed by atoms with Gasteiger partial charge in [-0.25, -0.2) is 0 Å². The average molecular weight is 450 g/mol. The molecule has 0 aliphatic heterocycles. The van der Waals surface area contributed by atoms with Gasteiger partial charge >= 0.3 is 6.18 Å². The first-order valence-corrected chi connectivity index (χ1v) is 11.4. The Bertz CT molecular complexity index is 927. The molecule has 1 N–H and O–H groups in total. The number of nitrogens with one attached hydrogen (secondary N) is 1. The summed E-state index contributed by atoms with van der Waals surface area (Å²) in [4.78, 5) is 15.3. The zero-order valence-corrected chi connectivity index (χ0v) is 18.5. The molecular formula is C24H30F3N3O2. The Balaban J connectivity index is 1.65. The van der Waals surface area contributed by atoms with Crippen LogP contribution >= 0.6 is 0 Å². The molecule has 2 fully saturated rings. The Labute approximate surface area is 186 Å². The number of alkyl halides is 3. The van der Waals surface area contributed by atoms with Crippen LogP contribution in [0.2, 0.25) is 0 Å². The molecule has 0 saturated heterocycles. The Kier molecular flexibility index (Phi) is 6.60. The molecule has 5 nitrogen and oxygen atoms in total. The van der Waals surface area contributed by atoms with E-state index in [1.165, 1.54) is 25.0 Å². The summed E-state index contributed by atoms with van der Waals surface area (Å²) < 4.78 is 44.6. The zero-order chi connectivity index (χ0) is 22.9. The van der Waals surface area contributed by atoms with Crippen LogP contribution in [-0.2, 0) is 12.7 Å². The highest BCUT2D eigenvalue weighted by Crippen LogP contribution is 2.35. The van der Waals surface area contributed by atoms with Crippen LogP contribution in [0.25, 0.3) is 11.3 Å². The number of halogens is 3. The van der Waals surface area contributed by atoms with E-state index in [9.17, 15) is 18.0 Å². The molecule has 1 aromatic heterocycles. The predicted octanol–water partition coefficient (Wildman–Crippen LogP) is 5.65. The van der Waals surface area contributed by atoms with Gasteiger partial charge in [-0.15, -0.1) is 0 Å². The number of carbonyl (C=O) groups excluding carboxylic acids is 1. The lowest BCUT2D eigenvalue weighted by Gasteiger charge is -2.26. The fourth-order valence-electron chi connectivity index (χ4n) is 4.29. The molecule has 174 valence electrons. The summed E-state index contributed by atoms with van der Waals surface area (Å²) in [7, 11) is 0. The number of aromatic nitrogens is 1. The highest BCUT2D eigenvalue weighted by molar-refractivity contribution is 5.95. The summed E-state index contributed by atoms with van der Waals surface area (Å²) in [6.07, 6.45) is 2.08. The van der Waals surface area contributed by atoms with Gasteiger partial charge in [-0.3, -0.25) is 9.69 Å². The van der Waals surface area contributed by atoms with E-state index in [0.29, 0.717) is 29.3 Å². The third-order valence-corrected chi connectivity index (χ3v) is 6.45. The summed E-state index contributed by atoms with van der Waals surface area (Å²) in [6.45, 7) is 5.58. The van der Waals surface area contributed by atoms with Crippen LogP contribution in [0.3, 0.4) is 0 Å². The van der Waals surface area contributed by atoms with Crippen molar-refractivity contribution in [3.63, 3.8) is 0 Å². The second kappa shape index (κ2) is 9.25. The van der Waals surface area contributed by atoms with Crippen molar-refractivity contribution >= 4 is 5.91 Å². The summed E-state index contributed by atoms with van der Waals surface area (Å²) in [5.41, 5.74) is 0.623. The summed E-state index contributed by atoms with van der Waals surface area (Å²) in [5, 5.41) is 7.13. The van der Waals surface area contributed by atoms with E-state index < -0.39 is 11.7 Å². The van der Waals surface area contributed by atoms with E-state index in [-0.39, 0.29) is 23.7 Å². The van der Waals surface area contributed by atoms with E-state index in [1.54, 1.807) is 0 Å². The molecule has 1 amide bonds. The van der Waals surface area contributed by atoms with Crippen LogP contribution in [0.15, 0.2) is 28.8 Å². The Morgan fingerprint density at radius 1 is 1.16 bits per heavy atom. The molecule has 4 rings (SSSR count). The molecule has 2 aromatic rings. The third-order valence-electron chi connectivity index (χ3n) is 6.45. The number of benzene rings is 1. The van der Waals surface area contributed by atoms with Crippen molar-refractivity contribution < 1.29 is 22.5 Å². The topological polar surface area (TPSA) is 58.4 Å². The molecule has 2 saturated carbocycles. The minimum absolute atomic E-state index is 0.134. The average Bonchev–Trinajstić information content (AvgIpc) is 3.23. The Morgan fingerprint density at radius 2 is 1.81 bits per heavy atom. The quantitative estimate of drug-likeness (QED) is 0.566. The van der Waals surface area contributed by atoms with Gasteiger partial charge in [0, 0.05) is 36.3 Å². The lowest BCUT2D eigenvalue weighted by Crippen LogP contribution is -2.35. The van der Waals surface area contributed by atoms with E-state index in [0.717, 1.165) is 44.4 Å². The molecule has 0 radical (unpaired) electrons. The van der Waals surface area contributed by atoms with Gasteiger partial charge in [0.05, 0.1) is 5.56 Å². The van der Waals surface area contributed by atoms with E-state index in [4.69, 9.17) is 4.52 Å². The number of hydrogen-bond donors (Lipinski definition) is 1. The van der Waals surface area contributed by atoms with Crippen LogP contribution in [0.1, 0.15) is 74.0 Å². The lowest BCUT2D eigenvalue weighted by atomic mass is 10.0. The van der Waals surface area contributed by atoms with E-state index >= 15 is 0 Å². The van der Waals surface area contributed by atoms with Crippen molar-refractivity contribution in [1.29, 1.82) is 0 Å². The van der Waals surface area contributed by atoms with Gasteiger partial charge in [0.1, 0.15) is 0 Å². The fourth-order valence-corrected chi connectivity index (χ4v) is 4.29. The van der Waals surface area contributed by atoms with E-state index in [1.807, 2.05) is 0 Å². The Hall–Kier alpha value is -2.35. The number of nitrogens with zero attached hydrogens (tertiary/aromatic N) is 2. The van der Waals surface area contributed by atoms with Crippen molar-refractivity contribution in [3.05, 3.63) is 41.1 Å². The number of carbonyl (C=O) groups is 1. The SMILES string of the molecule is CC(C)N(Cc1c(C(=O)NC2CCCC2)noc1-c1ccc(C(F)(F)F)cc1)CC1CC1. The van der Waals surface area contributed by atoms with Gasteiger partial charge < -0.3 is 9.84 Å². The molecule has 0 unspecified atom stereocenters. The zero-order valence-electron chi connectivity index (χ0n) is 18.5. The number of rotatable bonds is 8. The van der Waals surface area contributed by atoms with Crippen LogP contribution in [0, 0.1) is 5.92 Å². The highest BCUT2D eigenvalue weighted by atomic mass is 19.4. The van der Waals surface area contributed by atoms with Gasteiger partial charge in [-0.2, -0.15) is 13.2 Å². The maximum atomic E-state index is 13.0. The van der Waals surface area contributed by atoms with Crippen LogP contribution < -0.4 is 5.32 Å². The van der Waals surface area contributed by atoms with Crippen molar-refractivity contribution in [2.75, 3.05) is 6.54 Å². The first kappa shape index (κ1) is 22.8. The molecule has 0 atom stereocenters. The Morgan fingerprint density at radius 3 is 2.38 bits per heavy atom. The van der Waals surface area contributed by atoms with Gasteiger partial charge in [0.25, 0.3) is 5.91 Å². The molecule has 1 heterocycles. The normalized spacial score (nSPS) is 17.5. The maximum Gasteiger partial charge on any atom is 0.416 e. The minimum Gasteiger partial charge on any atom is -0.355 e.